The lowest BCUT2D eigenvalue weighted by atomic mass is 10.1. The van der Waals surface area contributed by atoms with E-state index in [1.807, 2.05) is 24.3 Å². The zero-order valence-corrected chi connectivity index (χ0v) is 10.6. The van der Waals surface area contributed by atoms with Crippen molar-refractivity contribution in [2.24, 2.45) is 0 Å². The highest BCUT2D eigenvalue weighted by Crippen LogP contribution is 2.19. The van der Waals surface area contributed by atoms with Gasteiger partial charge in [0.05, 0.1) is 18.4 Å². The fourth-order valence-electron chi connectivity index (χ4n) is 1.30. The van der Waals surface area contributed by atoms with Crippen LogP contribution in [0.1, 0.15) is 18.9 Å². The van der Waals surface area contributed by atoms with Crippen molar-refractivity contribution in [2.45, 2.75) is 24.7 Å². The minimum absolute atomic E-state index is 0.189. The van der Waals surface area contributed by atoms with Crippen LogP contribution in [0.5, 0.6) is 0 Å². The van der Waals surface area contributed by atoms with Crippen molar-refractivity contribution < 1.29 is 9.53 Å². The molecule has 0 spiro atoms. The molecule has 17 heavy (non-hydrogen) atoms. The van der Waals surface area contributed by atoms with Crippen LogP contribution >= 0.6 is 11.8 Å². The fraction of sp³-hybridized carbons (Fsp3) is 0.385. The zero-order chi connectivity index (χ0) is 12.5. The number of nitriles is 1. The predicted octanol–water partition coefficient (Wildman–Crippen LogP) is 2.80. The molecule has 0 fully saturated rings. The Kier molecular flexibility index (Phi) is 6.19. The second kappa shape index (κ2) is 7.75. The van der Waals surface area contributed by atoms with Gasteiger partial charge < -0.3 is 4.74 Å². The summed E-state index contributed by atoms with van der Waals surface area (Å²) in [6.07, 6.45) is 1.31. The number of thioether (sulfide) groups is 1. The monoisotopic (exact) mass is 249 g/mol. The van der Waals surface area contributed by atoms with E-state index in [-0.39, 0.29) is 5.97 Å². The SMILES string of the molecule is CCOC(=O)CSc1ccc(CCC#N)cc1. The normalized spacial score (nSPS) is 9.65. The van der Waals surface area contributed by atoms with E-state index in [2.05, 4.69) is 6.07 Å². The Balaban J connectivity index is 2.40. The van der Waals surface area contributed by atoms with Gasteiger partial charge in [-0.05, 0) is 31.0 Å². The predicted molar refractivity (Wildman–Crippen MR) is 67.7 cm³/mol. The Bertz CT molecular complexity index is 395. The summed E-state index contributed by atoms with van der Waals surface area (Å²) in [5.41, 5.74) is 1.15. The molecule has 1 aromatic carbocycles. The molecule has 0 saturated heterocycles. The average molecular weight is 249 g/mol. The van der Waals surface area contributed by atoms with Crippen molar-refractivity contribution in [2.75, 3.05) is 12.4 Å². The highest BCUT2D eigenvalue weighted by molar-refractivity contribution is 8.00. The smallest absolute Gasteiger partial charge is 0.316 e. The molecule has 0 heterocycles. The molecule has 0 unspecified atom stereocenters. The zero-order valence-electron chi connectivity index (χ0n) is 9.81. The topological polar surface area (TPSA) is 50.1 Å². The third-order valence-corrected chi connectivity index (χ3v) is 3.10. The van der Waals surface area contributed by atoms with Crippen molar-refractivity contribution in [3.05, 3.63) is 29.8 Å². The second-order valence-corrected chi connectivity index (χ2v) is 4.44. The van der Waals surface area contributed by atoms with Crippen molar-refractivity contribution >= 4 is 17.7 Å². The maximum Gasteiger partial charge on any atom is 0.316 e. The van der Waals surface area contributed by atoms with E-state index in [0.29, 0.717) is 18.8 Å². The van der Waals surface area contributed by atoms with E-state index in [1.165, 1.54) is 11.8 Å². The van der Waals surface area contributed by atoms with Crippen LogP contribution in [0.2, 0.25) is 0 Å². The number of ether oxygens (including phenoxy) is 1. The van der Waals surface area contributed by atoms with Crippen LogP contribution in [0.4, 0.5) is 0 Å². The molecule has 0 aliphatic rings. The Morgan fingerprint density at radius 3 is 2.71 bits per heavy atom. The number of hydrogen-bond acceptors (Lipinski definition) is 4. The Morgan fingerprint density at radius 1 is 1.41 bits per heavy atom. The third-order valence-electron chi connectivity index (χ3n) is 2.11. The third kappa shape index (κ3) is 5.41. The molecule has 0 radical (unpaired) electrons. The fourth-order valence-corrected chi connectivity index (χ4v) is 1.99. The van der Waals surface area contributed by atoms with Crippen LogP contribution in [0.3, 0.4) is 0 Å². The van der Waals surface area contributed by atoms with E-state index < -0.39 is 0 Å². The van der Waals surface area contributed by atoms with Crippen LogP contribution in [0.25, 0.3) is 0 Å². The first kappa shape index (κ1) is 13.6. The van der Waals surface area contributed by atoms with E-state index in [4.69, 9.17) is 10.00 Å². The van der Waals surface area contributed by atoms with Crippen LogP contribution in [0, 0.1) is 11.3 Å². The molecule has 0 amide bonds. The molecule has 3 nitrogen and oxygen atoms in total. The van der Waals surface area contributed by atoms with Gasteiger partial charge in [-0.1, -0.05) is 12.1 Å². The molecule has 0 N–H and O–H groups in total. The highest BCUT2D eigenvalue weighted by atomic mass is 32.2. The van der Waals surface area contributed by atoms with Gasteiger partial charge >= 0.3 is 5.97 Å². The second-order valence-electron chi connectivity index (χ2n) is 3.40. The summed E-state index contributed by atoms with van der Waals surface area (Å²) in [4.78, 5) is 12.2. The van der Waals surface area contributed by atoms with Crippen molar-refractivity contribution in [3.8, 4) is 6.07 Å². The molecular weight excluding hydrogens is 234 g/mol. The number of nitrogens with zero attached hydrogens (tertiary/aromatic N) is 1. The van der Waals surface area contributed by atoms with Gasteiger partial charge in [0.2, 0.25) is 0 Å². The summed E-state index contributed by atoms with van der Waals surface area (Å²) in [6, 6.07) is 10.0. The first-order chi connectivity index (χ1) is 8.26. The number of hydrogen-bond donors (Lipinski definition) is 0. The van der Waals surface area contributed by atoms with Crippen LogP contribution in [-0.2, 0) is 16.0 Å². The van der Waals surface area contributed by atoms with E-state index >= 15 is 0 Å². The summed E-state index contributed by atoms with van der Waals surface area (Å²) >= 11 is 1.46. The van der Waals surface area contributed by atoms with Crippen LogP contribution < -0.4 is 0 Å². The van der Waals surface area contributed by atoms with E-state index in [1.54, 1.807) is 6.92 Å². The minimum Gasteiger partial charge on any atom is -0.465 e. The van der Waals surface area contributed by atoms with Gasteiger partial charge in [-0.15, -0.1) is 11.8 Å². The molecule has 1 rings (SSSR count). The van der Waals surface area contributed by atoms with Gasteiger partial charge in [0.15, 0.2) is 0 Å². The van der Waals surface area contributed by atoms with Gasteiger partial charge in [0.1, 0.15) is 0 Å². The van der Waals surface area contributed by atoms with E-state index in [9.17, 15) is 4.79 Å². The standard InChI is InChI=1S/C13H15NO2S/c1-2-16-13(15)10-17-12-7-5-11(6-8-12)4-3-9-14/h5-8H,2-4,10H2,1H3. The Morgan fingerprint density at radius 2 is 2.12 bits per heavy atom. The quantitative estimate of drug-likeness (QED) is 0.574. The van der Waals surface area contributed by atoms with Gasteiger partial charge in [-0.25, -0.2) is 0 Å². The summed E-state index contributed by atoms with van der Waals surface area (Å²) in [6.45, 7) is 2.22. The maximum atomic E-state index is 11.1. The number of esters is 1. The van der Waals surface area contributed by atoms with E-state index in [0.717, 1.165) is 16.9 Å². The molecule has 0 saturated carbocycles. The molecule has 1 aromatic rings. The molecule has 0 bridgehead atoms. The summed E-state index contributed by atoms with van der Waals surface area (Å²) in [7, 11) is 0. The number of carbonyl (C=O) groups excluding carboxylic acids is 1. The molecule has 0 atom stereocenters. The Labute approximate surface area is 106 Å². The maximum absolute atomic E-state index is 11.1. The first-order valence-electron chi connectivity index (χ1n) is 5.50. The van der Waals surface area contributed by atoms with Crippen LogP contribution in [-0.4, -0.2) is 18.3 Å². The minimum atomic E-state index is -0.189. The number of benzene rings is 1. The Hall–Kier alpha value is -1.47. The molecule has 90 valence electrons. The van der Waals surface area contributed by atoms with Gasteiger partial charge in [-0.2, -0.15) is 5.26 Å². The number of carbonyl (C=O) groups is 1. The molecular formula is C13H15NO2S. The average Bonchev–Trinajstić information content (AvgIpc) is 2.35. The van der Waals surface area contributed by atoms with Crippen LogP contribution in [0.15, 0.2) is 29.2 Å². The lowest BCUT2D eigenvalue weighted by molar-refractivity contribution is -0.139. The molecule has 0 aliphatic heterocycles. The van der Waals surface area contributed by atoms with Crippen molar-refractivity contribution in [3.63, 3.8) is 0 Å². The van der Waals surface area contributed by atoms with Crippen molar-refractivity contribution in [1.29, 1.82) is 5.26 Å². The highest BCUT2D eigenvalue weighted by Gasteiger charge is 2.03. The van der Waals surface area contributed by atoms with Gasteiger partial charge in [0, 0.05) is 11.3 Å². The summed E-state index contributed by atoms with van der Waals surface area (Å²) in [5.74, 6) is 0.150. The largest absolute Gasteiger partial charge is 0.465 e. The molecule has 0 aromatic heterocycles. The summed E-state index contributed by atoms with van der Waals surface area (Å²) < 4.78 is 4.84. The first-order valence-corrected chi connectivity index (χ1v) is 6.49. The van der Waals surface area contributed by atoms with Gasteiger partial charge in [-0.3, -0.25) is 4.79 Å². The lowest BCUT2D eigenvalue weighted by Gasteiger charge is -2.03. The number of rotatable bonds is 6. The van der Waals surface area contributed by atoms with Gasteiger partial charge in [0.25, 0.3) is 0 Å². The lowest BCUT2D eigenvalue weighted by Crippen LogP contribution is -2.06. The van der Waals surface area contributed by atoms with Crippen molar-refractivity contribution in [1.82, 2.24) is 0 Å². The molecule has 4 heteroatoms. The molecule has 0 aliphatic carbocycles. The summed E-state index contributed by atoms with van der Waals surface area (Å²) in [5, 5.41) is 8.47. The number of aryl methyl sites for hydroxylation is 1.